The number of aliphatic hydroxyl groups is 1. The number of hydrogen-bond donors (Lipinski definition) is 2. The number of fused-ring (bicyclic) bond motifs is 1. The molecule has 0 spiro atoms. The van der Waals surface area contributed by atoms with Gasteiger partial charge in [-0.25, -0.2) is 4.79 Å². The number of nitrogens with one attached hydrogen (secondary N) is 1. The van der Waals surface area contributed by atoms with Crippen molar-refractivity contribution in [3.8, 4) is 0 Å². The van der Waals surface area contributed by atoms with Gasteiger partial charge in [0.2, 0.25) is 0 Å². The normalized spacial score (nSPS) is 26.9. The van der Waals surface area contributed by atoms with Gasteiger partial charge in [-0.3, -0.25) is 9.52 Å². The zero-order valence-electron chi connectivity index (χ0n) is 10.8. The van der Waals surface area contributed by atoms with Crippen molar-refractivity contribution in [2.75, 3.05) is 5.75 Å². The Morgan fingerprint density at radius 1 is 1.42 bits per heavy atom. The lowest BCUT2D eigenvalue weighted by Crippen LogP contribution is -2.21. The molecule has 19 heavy (non-hydrogen) atoms. The van der Waals surface area contributed by atoms with Crippen LogP contribution in [-0.4, -0.2) is 22.7 Å². The Hall–Kier alpha value is -1.37. The highest BCUT2D eigenvalue weighted by Gasteiger charge is 2.43. The van der Waals surface area contributed by atoms with E-state index in [2.05, 4.69) is 15.0 Å². The molecule has 0 saturated heterocycles. The molecule has 2 aliphatic carbocycles. The first-order chi connectivity index (χ1) is 9.15. The first-order valence-electron chi connectivity index (χ1n) is 6.46. The maximum Gasteiger partial charge on any atom is 0.369 e. The number of Topliss-reactive ketones (excluding diaryl/α,β-unsaturated/α-hetero) is 1. The molecule has 2 aliphatic rings. The molecule has 2 unspecified atom stereocenters. The highest BCUT2D eigenvalue weighted by molar-refractivity contribution is 7.97. The Morgan fingerprint density at radius 2 is 2.11 bits per heavy atom. The summed E-state index contributed by atoms with van der Waals surface area (Å²) in [5, 5.41) is 17.1. The molecular weight excluding hydrogens is 266 g/mol. The van der Waals surface area contributed by atoms with Gasteiger partial charge in [-0.05, 0) is 24.8 Å². The third-order valence-corrected chi connectivity index (χ3v) is 4.08. The van der Waals surface area contributed by atoms with E-state index < -0.39 is 6.03 Å². The second-order valence-corrected chi connectivity index (χ2v) is 5.71. The summed E-state index contributed by atoms with van der Waals surface area (Å²) in [5.74, 6) is 0.258. The number of azo groups is 1. The number of allylic oxidation sites excluding steroid dienone is 2. The number of carbonyl (C=O) groups is 2. The van der Waals surface area contributed by atoms with Crippen molar-refractivity contribution in [3.05, 3.63) is 11.5 Å². The van der Waals surface area contributed by atoms with Crippen LogP contribution in [0.3, 0.4) is 0 Å². The quantitative estimate of drug-likeness (QED) is 0.615. The van der Waals surface area contributed by atoms with E-state index in [4.69, 9.17) is 0 Å². The van der Waals surface area contributed by atoms with Crippen LogP contribution in [0, 0.1) is 11.8 Å². The van der Waals surface area contributed by atoms with Crippen LogP contribution in [0.15, 0.2) is 21.7 Å². The van der Waals surface area contributed by atoms with Crippen LogP contribution in [0.2, 0.25) is 0 Å². The molecule has 104 valence electrons. The number of carbonyl (C=O) groups excluding carboxylic acids is 2. The number of aliphatic hydroxyl groups excluding tert-OH is 1. The van der Waals surface area contributed by atoms with Gasteiger partial charge in [0.25, 0.3) is 0 Å². The fourth-order valence-electron chi connectivity index (χ4n) is 2.60. The predicted octanol–water partition coefficient (Wildman–Crippen LogP) is 2.98. The second kappa shape index (κ2) is 6.18. The van der Waals surface area contributed by atoms with E-state index in [1.54, 1.807) is 0 Å². The van der Waals surface area contributed by atoms with E-state index in [1.807, 2.05) is 6.92 Å². The van der Waals surface area contributed by atoms with Crippen molar-refractivity contribution in [2.45, 2.75) is 32.6 Å². The van der Waals surface area contributed by atoms with Crippen LogP contribution in [0.1, 0.15) is 32.6 Å². The van der Waals surface area contributed by atoms with Crippen molar-refractivity contribution < 1.29 is 14.7 Å². The lowest BCUT2D eigenvalue weighted by atomic mass is 9.80. The summed E-state index contributed by atoms with van der Waals surface area (Å²) in [4.78, 5) is 23.3. The van der Waals surface area contributed by atoms with Crippen molar-refractivity contribution in [2.24, 2.45) is 22.1 Å². The first-order valence-corrected chi connectivity index (χ1v) is 7.44. The third-order valence-electron chi connectivity index (χ3n) is 3.47. The molecule has 0 bridgehead atoms. The van der Waals surface area contributed by atoms with Gasteiger partial charge in [-0.15, -0.1) is 5.11 Å². The molecule has 2 rings (SSSR count). The van der Waals surface area contributed by atoms with E-state index in [0.717, 1.165) is 31.4 Å². The van der Waals surface area contributed by atoms with Gasteiger partial charge in [0, 0.05) is 17.6 Å². The highest BCUT2D eigenvalue weighted by Crippen LogP contribution is 2.42. The van der Waals surface area contributed by atoms with E-state index in [9.17, 15) is 14.7 Å². The van der Waals surface area contributed by atoms with Gasteiger partial charge in [-0.1, -0.05) is 24.9 Å². The number of hydrogen-bond acceptors (Lipinski definition) is 5. The highest BCUT2D eigenvalue weighted by atomic mass is 32.2. The third kappa shape index (κ3) is 2.97. The van der Waals surface area contributed by atoms with Crippen LogP contribution in [0.5, 0.6) is 0 Å². The molecule has 2 N–H and O–H groups in total. The van der Waals surface area contributed by atoms with Crippen molar-refractivity contribution in [3.63, 3.8) is 0 Å². The first kappa shape index (κ1) is 14.0. The molecule has 2 atom stereocenters. The average molecular weight is 283 g/mol. The molecule has 0 aromatic carbocycles. The van der Waals surface area contributed by atoms with Crippen LogP contribution >= 0.6 is 11.9 Å². The number of amides is 2. The van der Waals surface area contributed by atoms with Crippen LogP contribution in [-0.2, 0) is 4.79 Å². The number of ketones is 1. The summed E-state index contributed by atoms with van der Waals surface area (Å²) in [5.41, 5.74) is -0.0338. The largest absolute Gasteiger partial charge is 0.510 e. The summed E-state index contributed by atoms with van der Waals surface area (Å²) in [6, 6.07) is -0.616. The van der Waals surface area contributed by atoms with Gasteiger partial charge in [0.1, 0.15) is 5.76 Å². The molecule has 0 aromatic rings. The summed E-state index contributed by atoms with van der Waals surface area (Å²) >= 11 is 1.20. The van der Waals surface area contributed by atoms with Gasteiger partial charge in [0.15, 0.2) is 11.5 Å². The maximum absolute atomic E-state index is 12.1. The lowest BCUT2D eigenvalue weighted by Gasteiger charge is -2.23. The SMILES string of the molecule is CCSNC(=O)N=NC1=C(O)C2CCCCC2C1=O. The van der Waals surface area contributed by atoms with E-state index in [-0.39, 0.29) is 29.1 Å². The molecule has 1 saturated carbocycles. The van der Waals surface area contributed by atoms with Crippen LogP contribution < -0.4 is 4.72 Å². The summed E-state index contributed by atoms with van der Waals surface area (Å²) in [6.07, 6.45) is 3.60. The summed E-state index contributed by atoms with van der Waals surface area (Å²) < 4.78 is 2.45. The average Bonchev–Trinajstić information content (AvgIpc) is 2.67. The molecule has 1 fully saturated rings. The van der Waals surface area contributed by atoms with Gasteiger partial charge >= 0.3 is 6.03 Å². The number of rotatable bonds is 3. The van der Waals surface area contributed by atoms with E-state index >= 15 is 0 Å². The van der Waals surface area contributed by atoms with Gasteiger partial charge in [0.05, 0.1) is 0 Å². The van der Waals surface area contributed by atoms with Gasteiger partial charge in [-0.2, -0.15) is 0 Å². The predicted molar refractivity (Wildman–Crippen MR) is 71.6 cm³/mol. The topological polar surface area (TPSA) is 91.1 Å². The molecule has 6 nitrogen and oxygen atoms in total. The monoisotopic (exact) mass is 283 g/mol. The number of urea groups is 1. The Bertz CT molecular complexity index is 448. The minimum absolute atomic E-state index is 0.00870. The fourth-order valence-corrected chi connectivity index (χ4v) is 2.91. The zero-order valence-corrected chi connectivity index (χ0v) is 11.6. The Labute approximate surface area is 115 Å². The molecule has 0 aliphatic heterocycles. The summed E-state index contributed by atoms with van der Waals surface area (Å²) in [6.45, 7) is 1.89. The second-order valence-electron chi connectivity index (χ2n) is 4.64. The molecule has 7 heteroatoms. The molecule has 2 amide bonds. The molecule has 0 radical (unpaired) electrons. The standard InChI is InChI=1S/C12H17N3O3S/c1-2-19-15-12(18)14-13-9-10(16)7-5-3-4-6-8(7)11(9)17/h7-8,16H,2-6H2,1H3,(H,15,18). The van der Waals surface area contributed by atoms with Gasteiger partial charge < -0.3 is 5.11 Å². The van der Waals surface area contributed by atoms with Crippen LogP contribution in [0.25, 0.3) is 0 Å². The zero-order chi connectivity index (χ0) is 13.8. The van der Waals surface area contributed by atoms with E-state index in [0.29, 0.717) is 0 Å². The molecule has 0 heterocycles. The minimum Gasteiger partial charge on any atom is -0.510 e. The Morgan fingerprint density at radius 3 is 2.74 bits per heavy atom. The minimum atomic E-state index is -0.616. The van der Waals surface area contributed by atoms with Crippen molar-refractivity contribution >= 4 is 23.8 Å². The molecule has 0 aromatic heterocycles. The smallest absolute Gasteiger partial charge is 0.369 e. The van der Waals surface area contributed by atoms with Crippen molar-refractivity contribution in [1.29, 1.82) is 0 Å². The molecular formula is C12H17N3O3S. The summed E-state index contributed by atoms with van der Waals surface area (Å²) in [7, 11) is 0. The maximum atomic E-state index is 12.1. The number of nitrogens with zero attached hydrogens (tertiary/aromatic N) is 2. The Kier molecular flexibility index (Phi) is 4.57. The van der Waals surface area contributed by atoms with Crippen molar-refractivity contribution in [1.82, 2.24) is 4.72 Å². The van der Waals surface area contributed by atoms with E-state index in [1.165, 1.54) is 11.9 Å². The van der Waals surface area contributed by atoms with Crippen LogP contribution in [0.4, 0.5) is 4.79 Å². The lowest BCUT2D eigenvalue weighted by molar-refractivity contribution is -0.120. The Balaban J connectivity index is 2.06. The fraction of sp³-hybridized carbons (Fsp3) is 0.667.